The lowest BCUT2D eigenvalue weighted by molar-refractivity contribution is -0.122. The average Bonchev–Trinajstić information content (AvgIpc) is 3.40. The summed E-state index contributed by atoms with van der Waals surface area (Å²) in [6.07, 6.45) is 3.82. The molecule has 0 radical (unpaired) electrons. The highest BCUT2D eigenvalue weighted by Crippen LogP contribution is 2.28. The topological polar surface area (TPSA) is 84.7 Å². The molecule has 1 amide bonds. The summed E-state index contributed by atoms with van der Waals surface area (Å²) in [4.78, 5) is 20.8. The van der Waals surface area contributed by atoms with Crippen LogP contribution in [0.1, 0.15) is 29.8 Å². The molecule has 7 nitrogen and oxygen atoms in total. The number of anilines is 1. The molecule has 1 saturated carbocycles. The second kappa shape index (κ2) is 6.98. The van der Waals surface area contributed by atoms with Gasteiger partial charge in [-0.2, -0.15) is 5.10 Å². The molecule has 7 heteroatoms. The van der Waals surface area contributed by atoms with Crippen LogP contribution in [0.2, 0.25) is 0 Å². The Balaban J connectivity index is 1.57. The van der Waals surface area contributed by atoms with E-state index in [0.29, 0.717) is 18.9 Å². The molecule has 0 atom stereocenters. The van der Waals surface area contributed by atoms with Crippen molar-refractivity contribution in [3.8, 4) is 5.69 Å². The van der Waals surface area contributed by atoms with Gasteiger partial charge >= 0.3 is 0 Å². The minimum Gasteiger partial charge on any atom is -0.368 e. The van der Waals surface area contributed by atoms with Crippen molar-refractivity contribution in [2.45, 2.75) is 33.6 Å². The molecule has 2 heterocycles. The van der Waals surface area contributed by atoms with Crippen molar-refractivity contribution >= 4 is 22.8 Å². The summed E-state index contributed by atoms with van der Waals surface area (Å²) in [6.45, 7) is 7.21. The van der Waals surface area contributed by atoms with Gasteiger partial charge in [0.15, 0.2) is 5.65 Å². The molecule has 1 aromatic carbocycles. The Labute approximate surface area is 158 Å². The van der Waals surface area contributed by atoms with Crippen LogP contribution in [0.25, 0.3) is 16.7 Å². The molecular weight excluding hydrogens is 340 g/mol. The van der Waals surface area contributed by atoms with Crippen LogP contribution in [0.3, 0.4) is 0 Å². The Bertz CT molecular complexity index is 1010. The summed E-state index contributed by atoms with van der Waals surface area (Å²) < 4.78 is 1.86. The van der Waals surface area contributed by atoms with Gasteiger partial charge in [-0.05, 0) is 45.2 Å². The molecule has 3 aromatic rings. The third-order valence-electron chi connectivity index (χ3n) is 4.79. The largest absolute Gasteiger partial charge is 0.368 e. The molecule has 1 aliphatic rings. The van der Waals surface area contributed by atoms with Crippen molar-refractivity contribution in [3.63, 3.8) is 0 Å². The van der Waals surface area contributed by atoms with E-state index in [1.807, 2.05) is 11.6 Å². The van der Waals surface area contributed by atoms with Gasteiger partial charge in [-0.25, -0.2) is 14.6 Å². The molecule has 1 fully saturated rings. The van der Waals surface area contributed by atoms with Crippen LogP contribution in [0.4, 0.5) is 5.82 Å². The van der Waals surface area contributed by atoms with Crippen LogP contribution in [-0.4, -0.2) is 38.7 Å². The van der Waals surface area contributed by atoms with Gasteiger partial charge in [0.05, 0.1) is 17.3 Å². The zero-order chi connectivity index (χ0) is 19.0. The fraction of sp³-hybridized carbons (Fsp3) is 0.400. The third kappa shape index (κ3) is 3.63. The van der Waals surface area contributed by atoms with Gasteiger partial charge in [0.1, 0.15) is 11.6 Å². The Morgan fingerprint density at radius 2 is 2.00 bits per heavy atom. The summed E-state index contributed by atoms with van der Waals surface area (Å²) in [7, 11) is 0. The number of carbonyl (C=O) groups is 1. The second-order valence-corrected chi connectivity index (χ2v) is 7.20. The number of benzene rings is 1. The monoisotopic (exact) mass is 364 g/mol. The summed E-state index contributed by atoms with van der Waals surface area (Å²) in [5.41, 5.74) is 4.15. The van der Waals surface area contributed by atoms with Crippen molar-refractivity contribution in [2.24, 2.45) is 5.92 Å². The summed E-state index contributed by atoms with van der Waals surface area (Å²) in [5, 5.41) is 11.7. The van der Waals surface area contributed by atoms with Crippen LogP contribution < -0.4 is 10.6 Å². The first-order valence-electron chi connectivity index (χ1n) is 9.34. The Kier molecular flexibility index (Phi) is 4.51. The van der Waals surface area contributed by atoms with E-state index in [2.05, 4.69) is 57.7 Å². The van der Waals surface area contributed by atoms with Crippen LogP contribution in [-0.2, 0) is 4.79 Å². The normalized spacial score (nSPS) is 13.7. The molecular formula is C20H24N6O. The van der Waals surface area contributed by atoms with Crippen molar-refractivity contribution < 1.29 is 4.79 Å². The van der Waals surface area contributed by atoms with E-state index in [1.54, 1.807) is 6.20 Å². The molecule has 1 aliphatic carbocycles. The molecule has 0 saturated heterocycles. The van der Waals surface area contributed by atoms with E-state index in [0.717, 1.165) is 40.9 Å². The quantitative estimate of drug-likeness (QED) is 0.657. The second-order valence-electron chi connectivity index (χ2n) is 7.20. The van der Waals surface area contributed by atoms with Gasteiger partial charge < -0.3 is 10.6 Å². The summed E-state index contributed by atoms with van der Waals surface area (Å²) in [6, 6.07) is 6.28. The maximum Gasteiger partial charge on any atom is 0.223 e. The van der Waals surface area contributed by atoms with Crippen LogP contribution in [0.15, 0.2) is 24.4 Å². The van der Waals surface area contributed by atoms with Crippen molar-refractivity contribution in [3.05, 3.63) is 41.3 Å². The highest BCUT2D eigenvalue weighted by molar-refractivity contribution is 5.87. The molecule has 0 aliphatic heterocycles. The number of aryl methyl sites for hydroxylation is 3. The molecule has 0 bridgehead atoms. The molecule has 0 unspecified atom stereocenters. The zero-order valence-corrected chi connectivity index (χ0v) is 15.9. The van der Waals surface area contributed by atoms with Crippen molar-refractivity contribution in [1.82, 2.24) is 25.1 Å². The van der Waals surface area contributed by atoms with Gasteiger partial charge in [0.2, 0.25) is 5.91 Å². The highest BCUT2D eigenvalue weighted by Gasteiger charge is 2.29. The van der Waals surface area contributed by atoms with Gasteiger partial charge in [-0.15, -0.1) is 0 Å². The fourth-order valence-corrected chi connectivity index (χ4v) is 3.23. The lowest BCUT2D eigenvalue weighted by Gasteiger charge is -2.10. The first-order valence-corrected chi connectivity index (χ1v) is 9.34. The minimum absolute atomic E-state index is 0.156. The molecule has 27 heavy (non-hydrogen) atoms. The maximum absolute atomic E-state index is 11.7. The number of carbonyl (C=O) groups excluding carboxylic acids is 1. The number of fused-ring (bicyclic) bond motifs is 1. The minimum atomic E-state index is 0.156. The highest BCUT2D eigenvalue weighted by atomic mass is 16.2. The predicted octanol–water partition coefficient (Wildman–Crippen LogP) is 2.68. The molecule has 0 spiro atoms. The zero-order valence-electron chi connectivity index (χ0n) is 15.9. The number of rotatable bonds is 6. The standard InChI is InChI=1S/C20H24N6O/c1-12-4-7-17(13(2)10-12)26-19-16(11-23-26)18(24-14(3)25-19)21-8-9-22-20(27)15-5-6-15/h4,7,10-11,15H,5-6,8-9H2,1-3H3,(H,22,27)(H,21,24,25). The van der Waals surface area contributed by atoms with E-state index in [-0.39, 0.29) is 11.8 Å². The van der Waals surface area contributed by atoms with E-state index >= 15 is 0 Å². The van der Waals surface area contributed by atoms with Gasteiger partial charge in [0, 0.05) is 19.0 Å². The summed E-state index contributed by atoms with van der Waals surface area (Å²) >= 11 is 0. The number of nitrogens with one attached hydrogen (secondary N) is 2. The van der Waals surface area contributed by atoms with E-state index in [9.17, 15) is 4.79 Å². The number of hydrogen-bond acceptors (Lipinski definition) is 5. The Morgan fingerprint density at radius 3 is 2.74 bits per heavy atom. The molecule has 140 valence electrons. The third-order valence-corrected chi connectivity index (χ3v) is 4.79. The van der Waals surface area contributed by atoms with Crippen LogP contribution >= 0.6 is 0 Å². The van der Waals surface area contributed by atoms with Crippen molar-refractivity contribution in [1.29, 1.82) is 0 Å². The van der Waals surface area contributed by atoms with E-state index in [1.165, 1.54) is 5.56 Å². The average molecular weight is 364 g/mol. The Hall–Kier alpha value is -2.96. The Morgan fingerprint density at radius 1 is 1.19 bits per heavy atom. The smallest absolute Gasteiger partial charge is 0.223 e. The number of nitrogens with zero attached hydrogens (tertiary/aromatic N) is 4. The number of hydrogen-bond donors (Lipinski definition) is 2. The van der Waals surface area contributed by atoms with Gasteiger partial charge in [0.25, 0.3) is 0 Å². The van der Waals surface area contributed by atoms with Gasteiger partial charge in [-0.1, -0.05) is 17.7 Å². The number of aromatic nitrogens is 4. The first kappa shape index (κ1) is 17.5. The first-order chi connectivity index (χ1) is 13.0. The lowest BCUT2D eigenvalue weighted by atomic mass is 10.1. The van der Waals surface area contributed by atoms with Crippen LogP contribution in [0.5, 0.6) is 0 Å². The SMILES string of the molecule is Cc1ccc(-n2ncc3c(NCCNC(=O)C4CC4)nc(C)nc32)c(C)c1. The van der Waals surface area contributed by atoms with Crippen molar-refractivity contribution in [2.75, 3.05) is 18.4 Å². The van der Waals surface area contributed by atoms with E-state index < -0.39 is 0 Å². The van der Waals surface area contributed by atoms with E-state index in [4.69, 9.17) is 0 Å². The molecule has 2 aromatic heterocycles. The fourth-order valence-electron chi connectivity index (χ4n) is 3.23. The number of amides is 1. The van der Waals surface area contributed by atoms with Crippen LogP contribution in [0, 0.1) is 26.7 Å². The maximum atomic E-state index is 11.7. The lowest BCUT2D eigenvalue weighted by Crippen LogP contribution is -2.30. The predicted molar refractivity (Wildman–Crippen MR) is 105 cm³/mol. The molecule has 2 N–H and O–H groups in total. The molecule has 4 rings (SSSR count). The van der Waals surface area contributed by atoms with Gasteiger partial charge in [-0.3, -0.25) is 4.79 Å². The summed E-state index contributed by atoms with van der Waals surface area (Å²) in [5.74, 6) is 1.81.